The maximum absolute atomic E-state index is 12.3. The fraction of sp³-hybridized carbons (Fsp3) is 0.269. The number of nitrogens with one attached hydrogen (secondary N) is 1. The number of aryl methyl sites for hydroxylation is 1. The van der Waals surface area contributed by atoms with Crippen LogP contribution in [0.15, 0.2) is 65.1 Å². The average Bonchev–Trinajstić information content (AvgIpc) is 3.25. The zero-order valence-electron chi connectivity index (χ0n) is 17.9. The van der Waals surface area contributed by atoms with E-state index < -0.39 is 0 Å². The van der Waals surface area contributed by atoms with E-state index in [2.05, 4.69) is 29.3 Å². The van der Waals surface area contributed by atoms with Gasteiger partial charge in [-0.3, -0.25) is 4.79 Å². The van der Waals surface area contributed by atoms with Crippen molar-refractivity contribution in [1.82, 2.24) is 0 Å². The van der Waals surface area contributed by atoms with Crippen LogP contribution in [-0.4, -0.2) is 19.0 Å². The van der Waals surface area contributed by atoms with Crippen LogP contribution in [0, 0.1) is 12.8 Å². The Bertz CT molecular complexity index is 1080. The fourth-order valence-electron chi connectivity index (χ4n) is 3.71. The van der Waals surface area contributed by atoms with E-state index in [-0.39, 0.29) is 5.91 Å². The van der Waals surface area contributed by atoms with Gasteiger partial charge in [0.2, 0.25) is 5.91 Å². The minimum atomic E-state index is -0.198. The van der Waals surface area contributed by atoms with Crippen LogP contribution in [-0.2, 0) is 4.79 Å². The van der Waals surface area contributed by atoms with Gasteiger partial charge in [0.15, 0.2) is 0 Å². The van der Waals surface area contributed by atoms with Crippen molar-refractivity contribution in [3.05, 3.63) is 77.0 Å². The smallest absolute Gasteiger partial charge is 0.248 e. The van der Waals surface area contributed by atoms with Crippen LogP contribution >= 0.6 is 11.6 Å². The molecule has 4 nitrogen and oxygen atoms in total. The maximum atomic E-state index is 12.3. The van der Waals surface area contributed by atoms with Crippen molar-refractivity contribution < 1.29 is 9.21 Å². The third kappa shape index (κ3) is 5.39. The van der Waals surface area contributed by atoms with E-state index in [1.54, 1.807) is 6.08 Å². The van der Waals surface area contributed by atoms with E-state index in [1.165, 1.54) is 24.6 Å². The first kappa shape index (κ1) is 21.3. The third-order valence-corrected chi connectivity index (χ3v) is 6.17. The first-order chi connectivity index (χ1) is 15.0. The highest BCUT2D eigenvalue weighted by molar-refractivity contribution is 6.31. The van der Waals surface area contributed by atoms with Crippen molar-refractivity contribution in [2.75, 3.05) is 23.3 Å². The summed E-state index contributed by atoms with van der Waals surface area (Å²) in [6.45, 7) is 6.46. The van der Waals surface area contributed by atoms with Crippen LogP contribution in [0.5, 0.6) is 0 Å². The van der Waals surface area contributed by atoms with E-state index in [0.29, 0.717) is 16.5 Å². The summed E-state index contributed by atoms with van der Waals surface area (Å²) < 4.78 is 5.82. The normalized spacial score (nSPS) is 14.9. The molecule has 0 radical (unpaired) electrons. The molecule has 2 heterocycles. The molecule has 3 aromatic rings. The lowest BCUT2D eigenvalue weighted by Gasteiger charge is -2.32. The summed E-state index contributed by atoms with van der Waals surface area (Å²) in [5, 5.41) is 3.60. The van der Waals surface area contributed by atoms with Gasteiger partial charge in [0.05, 0.1) is 0 Å². The molecular formula is C26H27ClN2O2. The Balaban J connectivity index is 1.34. The largest absolute Gasteiger partial charge is 0.457 e. The summed E-state index contributed by atoms with van der Waals surface area (Å²) >= 11 is 6.20. The van der Waals surface area contributed by atoms with Crippen molar-refractivity contribution in [1.29, 1.82) is 0 Å². The second kappa shape index (κ2) is 9.44. The van der Waals surface area contributed by atoms with Gasteiger partial charge in [0.1, 0.15) is 11.5 Å². The maximum Gasteiger partial charge on any atom is 0.248 e. The number of amides is 1. The van der Waals surface area contributed by atoms with Crippen molar-refractivity contribution in [3.63, 3.8) is 0 Å². The highest BCUT2D eigenvalue weighted by Gasteiger charge is 2.15. The molecule has 31 heavy (non-hydrogen) atoms. The fourth-order valence-corrected chi connectivity index (χ4v) is 3.89. The number of piperidine rings is 1. The summed E-state index contributed by atoms with van der Waals surface area (Å²) in [5.41, 5.74) is 3.91. The van der Waals surface area contributed by atoms with Crippen molar-refractivity contribution in [2.24, 2.45) is 5.92 Å². The highest BCUT2D eigenvalue weighted by Crippen LogP contribution is 2.27. The van der Waals surface area contributed by atoms with Gasteiger partial charge in [-0.25, -0.2) is 0 Å². The molecular weight excluding hydrogens is 408 g/mol. The number of anilines is 2. The topological polar surface area (TPSA) is 45.5 Å². The molecule has 5 heteroatoms. The number of carbonyl (C=O) groups excluding carboxylic acids is 1. The molecule has 1 amide bonds. The zero-order chi connectivity index (χ0) is 21.8. The summed E-state index contributed by atoms with van der Waals surface area (Å²) in [6, 6.07) is 17.6. The van der Waals surface area contributed by atoms with Gasteiger partial charge in [-0.2, -0.15) is 0 Å². The lowest BCUT2D eigenvalue weighted by Crippen LogP contribution is -2.32. The van der Waals surface area contributed by atoms with Crippen molar-refractivity contribution in [3.8, 4) is 11.3 Å². The molecule has 0 spiro atoms. The Morgan fingerprint density at radius 1 is 1.10 bits per heavy atom. The molecule has 1 fully saturated rings. The Kier molecular flexibility index (Phi) is 6.47. The molecule has 160 valence electrons. The Morgan fingerprint density at radius 2 is 1.84 bits per heavy atom. The van der Waals surface area contributed by atoms with Crippen molar-refractivity contribution in [2.45, 2.75) is 26.7 Å². The Labute approximate surface area is 188 Å². The van der Waals surface area contributed by atoms with Gasteiger partial charge >= 0.3 is 0 Å². The van der Waals surface area contributed by atoms with E-state index in [1.807, 2.05) is 49.4 Å². The Morgan fingerprint density at radius 3 is 2.55 bits per heavy atom. The second-order valence-electron chi connectivity index (χ2n) is 8.21. The molecule has 1 aliphatic heterocycles. The molecule has 1 aliphatic rings. The van der Waals surface area contributed by atoms with Gasteiger partial charge in [0, 0.05) is 41.1 Å². The molecule has 1 saturated heterocycles. The first-order valence-corrected chi connectivity index (χ1v) is 11.1. The second-order valence-corrected chi connectivity index (χ2v) is 8.61. The highest BCUT2D eigenvalue weighted by atomic mass is 35.5. The number of rotatable bonds is 5. The molecule has 4 rings (SSSR count). The standard InChI is InChI=1S/C26H27ClN2O2/c1-18-13-15-29(16-14-18)22-7-5-21(6-8-22)28-26(30)12-10-23-9-11-25(31-23)20-4-3-19(2)24(27)17-20/h3-12,17-18H,13-16H2,1-2H3,(H,28,30)/b12-10+. The number of halogens is 1. The van der Waals surface area contributed by atoms with Crippen LogP contribution in [0.2, 0.25) is 5.02 Å². The molecule has 0 bridgehead atoms. The molecule has 0 aliphatic carbocycles. The van der Waals surface area contributed by atoms with E-state index in [4.69, 9.17) is 16.0 Å². The molecule has 2 aromatic carbocycles. The van der Waals surface area contributed by atoms with E-state index in [0.717, 1.165) is 35.8 Å². The molecule has 1 aromatic heterocycles. The minimum Gasteiger partial charge on any atom is -0.457 e. The SMILES string of the molecule is Cc1ccc(-c2ccc(/C=C/C(=O)Nc3ccc(N4CCC(C)CC4)cc3)o2)cc1Cl. The van der Waals surface area contributed by atoms with Crippen LogP contribution in [0.25, 0.3) is 17.4 Å². The number of furan rings is 1. The number of benzene rings is 2. The lowest BCUT2D eigenvalue weighted by molar-refractivity contribution is -0.111. The quantitative estimate of drug-likeness (QED) is 0.449. The predicted octanol–water partition coefficient (Wildman–Crippen LogP) is 6.80. The summed E-state index contributed by atoms with van der Waals surface area (Å²) in [6.07, 6.45) is 5.60. The lowest BCUT2D eigenvalue weighted by atomic mass is 9.99. The van der Waals surface area contributed by atoms with Gasteiger partial charge in [-0.1, -0.05) is 30.7 Å². The van der Waals surface area contributed by atoms with Gasteiger partial charge < -0.3 is 14.6 Å². The Hall–Kier alpha value is -2.98. The number of hydrogen-bond acceptors (Lipinski definition) is 3. The minimum absolute atomic E-state index is 0.198. The third-order valence-electron chi connectivity index (χ3n) is 5.77. The molecule has 0 saturated carbocycles. The van der Waals surface area contributed by atoms with Gasteiger partial charge in [-0.15, -0.1) is 0 Å². The predicted molar refractivity (Wildman–Crippen MR) is 129 cm³/mol. The van der Waals surface area contributed by atoms with Crippen LogP contribution in [0.1, 0.15) is 31.1 Å². The monoisotopic (exact) mass is 434 g/mol. The summed E-state index contributed by atoms with van der Waals surface area (Å²) in [5.74, 6) is 1.93. The number of nitrogens with zero attached hydrogens (tertiary/aromatic N) is 1. The van der Waals surface area contributed by atoms with Crippen LogP contribution in [0.4, 0.5) is 11.4 Å². The molecule has 1 N–H and O–H groups in total. The van der Waals surface area contributed by atoms with E-state index >= 15 is 0 Å². The molecule has 0 atom stereocenters. The van der Waals surface area contributed by atoms with E-state index in [9.17, 15) is 4.79 Å². The van der Waals surface area contributed by atoms with Crippen LogP contribution in [0.3, 0.4) is 0 Å². The van der Waals surface area contributed by atoms with Crippen LogP contribution < -0.4 is 10.2 Å². The number of hydrogen-bond donors (Lipinski definition) is 1. The van der Waals surface area contributed by atoms with Gasteiger partial charge in [0.25, 0.3) is 0 Å². The molecule has 0 unspecified atom stereocenters. The zero-order valence-corrected chi connectivity index (χ0v) is 18.7. The first-order valence-electron chi connectivity index (χ1n) is 10.7. The number of carbonyl (C=O) groups is 1. The summed E-state index contributed by atoms with van der Waals surface area (Å²) in [4.78, 5) is 14.7. The van der Waals surface area contributed by atoms with Gasteiger partial charge in [-0.05, 0) is 79.8 Å². The summed E-state index contributed by atoms with van der Waals surface area (Å²) in [7, 11) is 0. The average molecular weight is 435 g/mol. The van der Waals surface area contributed by atoms with Crippen molar-refractivity contribution >= 4 is 35.0 Å².